The lowest BCUT2D eigenvalue weighted by Crippen LogP contribution is -2.41. The van der Waals surface area contributed by atoms with Crippen molar-refractivity contribution in [2.75, 3.05) is 12.0 Å². The first kappa shape index (κ1) is 14.5. The van der Waals surface area contributed by atoms with E-state index >= 15 is 0 Å². The topological polar surface area (TPSA) is 82.2 Å². The second-order valence-corrected chi connectivity index (χ2v) is 5.41. The molecule has 0 fully saturated rings. The van der Waals surface area contributed by atoms with Gasteiger partial charge in [0.1, 0.15) is 6.04 Å². The van der Waals surface area contributed by atoms with Gasteiger partial charge in [-0.3, -0.25) is 4.79 Å². The maximum absolute atomic E-state index is 12.1. The Balaban J connectivity index is 2.10. The Morgan fingerprint density at radius 2 is 2.20 bits per heavy atom. The number of rotatable bonds is 6. The highest BCUT2D eigenvalue weighted by Crippen LogP contribution is 2.14. The first-order chi connectivity index (χ1) is 9.61. The maximum Gasteiger partial charge on any atom is 0.326 e. The average Bonchev–Trinajstić information content (AvgIpc) is 2.90. The Kier molecular flexibility index (Phi) is 4.68. The Labute approximate surface area is 120 Å². The van der Waals surface area contributed by atoms with Crippen molar-refractivity contribution in [2.45, 2.75) is 12.5 Å². The quantitative estimate of drug-likeness (QED) is 0.761. The number of aliphatic carboxylic acids is 1. The highest BCUT2D eigenvalue weighted by Gasteiger charge is 2.20. The number of carbonyl (C=O) groups excluding carboxylic acids is 1. The third kappa shape index (κ3) is 3.33. The molecule has 0 bridgehead atoms. The fraction of sp³-hybridized carbons (Fsp3) is 0.286. The van der Waals surface area contributed by atoms with E-state index in [0.29, 0.717) is 17.7 Å². The lowest BCUT2D eigenvalue weighted by molar-refractivity contribution is -0.139. The van der Waals surface area contributed by atoms with Gasteiger partial charge in [-0.25, -0.2) is 4.79 Å². The van der Waals surface area contributed by atoms with E-state index in [2.05, 4.69) is 10.3 Å². The van der Waals surface area contributed by atoms with Crippen LogP contribution in [-0.2, 0) is 4.79 Å². The molecule has 0 saturated heterocycles. The number of thioether (sulfide) groups is 1. The number of fused-ring (bicyclic) bond motifs is 1. The highest BCUT2D eigenvalue weighted by molar-refractivity contribution is 7.98. The highest BCUT2D eigenvalue weighted by atomic mass is 32.2. The molecule has 0 aliphatic heterocycles. The molecule has 0 saturated carbocycles. The molecule has 1 aromatic carbocycles. The number of nitrogens with one attached hydrogen (secondary N) is 2. The summed E-state index contributed by atoms with van der Waals surface area (Å²) in [6.07, 6.45) is 4.11. The molecule has 1 amide bonds. The summed E-state index contributed by atoms with van der Waals surface area (Å²) < 4.78 is 0. The molecule has 1 heterocycles. The fourth-order valence-electron chi connectivity index (χ4n) is 1.92. The molecule has 5 nitrogen and oxygen atoms in total. The van der Waals surface area contributed by atoms with Crippen LogP contribution in [0.25, 0.3) is 10.9 Å². The Hall–Kier alpha value is -1.95. The second-order valence-electron chi connectivity index (χ2n) is 4.43. The van der Waals surface area contributed by atoms with Gasteiger partial charge in [-0.1, -0.05) is 6.07 Å². The van der Waals surface area contributed by atoms with Gasteiger partial charge in [-0.05, 0) is 42.0 Å². The summed E-state index contributed by atoms with van der Waals surface area (Å²) in [7, 11) is 0. The van der Waals surface area contributed by atoms with E-state index in [9.17, 15) is 9.59 Å². The first-order valence-corrected chi connectivity index (χ1v) is 7.61. The lowest BCUT2D eigenvalue weighted by Gasteiger charge is -2.14. The van der Waals surface area contributed by atoms with Gasteiger partial charge in [0.15, 0.2) is 0 Å². The van der Waals surface area contributed by atoms with Crippen LogP contribution in [0.1, 0.15) is 16.8 Å². The van der Waals surface area contributed by atoms with Gasteiger partial charge in [-0.15, -0.1) is 0 Å². The lowest BCUT2D eigenvalue weighted by atomic mass is 10.1. The number of carboxylic acids is 1. The monoisotopic (exact) mass is 292 g/mol. The van der Waals surface area contributed by atoms with Crippen LogP contribution in [0.3, 0.4) is 0 Å². The normalized spacial score (nSPS) is 12.2. The van der Waals surface area contributed by atoms with Crippen LogP contribution in [0.2, 0.25) is 0 Å². The van der Waals surface area contributed by atoms with E-state index in [1.165, 1.54) is 0 Å². The summed E-state index contributed by atoms with van der Waals surface area (Å²) in [6, 6.07) is 6.31. The van der Waals surface area contributed by atoms with Crippen molar-refractivity contribution < 1.29 is 14.7 Å². The molecule has 1 atom stereocenters. The van der Waals surface area contributed by atoms with Crippen LogP contribution in [0.5, 0.6) is 0 Å². The van der Waals surface area contributed by atoms with Crippen molar-refractivity contribution in [3.63, 3.8) is 0 Å². The van der Waals surface area contributed by atoms with E-state index in [1.807, 2.05) is 18.4 Å². The van der Waals surface area contributed by atoms with Crippen LogP contribution in [0.4, 0.5) is 0 Å². The van der Waals surface area contributed by atoms with E-state index in [4.69, 9.17) is 5.11 Å². The van der Waals surface area contributed by atoms with Crippen molar-refractivity contribution in [2.24, 2.45) is 0 Å². The summed E-state index contributed by atoms with van der Waals surface area (Å²) in [5, 5.41) is 12.7. The van der Waals surface area contributed by atoms with Crippen LogP contribution in [0.15, 0.2) is 30.5 Å². The molecule has 1 aromatic heterocycles. The predicted octanol–water partition coefficient (Wildman–Crippen LogP) is 2.10. The summed E-state index contributed by atoms with van der Waals surface area (Å²) in [5.41, 5.74) is 1.31. The van der Waals surface area contributed by atoms with Gasteiger partial charge < -0.3 is 15.4 Å². The van der Waals surface area contributed by atoms with Crippen molar-refractivity contribution in [3.8, 4) is 0 Å². The van der Waals surface area contributed by atoms with Crippen molar-refractivity contribution in [1.82, 2.24) is 10.3 Å². The molecule has 20 heavy (non-hydrogen) atoms. The molecule has 0 aliphatic rings. The molecule has 0 radical (unpaired) electrons. The summed E-state index contributed by atoms with van der Waals surface area (Å²) in [4.78, 5) is 26.2. The van der Waals surface area contributed by atoms with Gasteiger partial charge in [-0.2, -0.15) is 11.8 Å². The summed E-state index contributed by atoms with van der Waals surface area (Å²) in [6.45, 7) is 0. The SMILES string of the molecule is CSCC[C@H](NC(=O)c1ccc2cc[nH]c2c1)C(=O)O. The predicted molar refractivity (Wildman–Crippen MR) is 80.2 cm³/mol. The minimum absolute atomic E-state index is 0.366. The van der Waals surface area contributed by atoms with Gasteiger partial charge in [0, 0.05) is 17.3 Å². The number of aromatic amines is 1. The molecule has 0 aliphatic carbocycles. The van der Waals surface area contributed by atoms with Crippen molar-refractivity contribution in [1.29, 1.82) is 0 Å². The molecule has 0 unspecified atom stereocenters. The van der Waals surface area contributed by atoms with E-state index in [0.717, 1.165) is 10.9 Å². The molecule has 2 aromatic rings. The number of aromatic nitrogens is 1. The summed E-state index contributed by atoms with van der Waals surface area (Å²) in [5.74, 6) is -0.684. The third-order valence-electron chi connectivity index (χ3n) is 3.03. The van der Waals surface area contributed by atoms with E-state index in [1.54, 1.807) is 30.1 Å². The van der Waals surface area contributed by atoms with Gasteiger partial charge >= 0.3 is 5.97 Å². The minimum Gasteiger partial charge on any atom is -0.480 e. The van der Waals surface area contributed by atoms with Crippen LogP contribution < -0.4 is 5.32 Å². The molecule has 0 spiro atoms. The smallest absolute Gasteiger partial charge is 0.326 e. The zero-order valence-electron chi connectivity index (χ0n) is 11.1. The zero-order chi connectivity index (χ0) is 14.5. The van der Waals surface area contributed by atoms with E-state index in [-0.39, 0.29) is 5.91 Å². The maximum atomic E-state index is 12.1. The fourth-order valence-corrected chi connectivity index (χ4v) is 2.40. The van der Waals surface area contributed by atoms with Gasteiger partial charge in [0.05, 0.1) is 0 Å². The molecule has 3 N–H and O–H groups in total. The molecule has 106 valence electrons. The number of hydrogen-bond donors (Lipinski definition) is 3. The average molecular weight is 292 g/mol. The number of amides is 1. The minimum atomic E-state index is -1.01. The largest absolute Gasteiger partial charge is 0.480 e. The molecule has 6 heteroatoms. The Morgan fingerprint density at radius 3 is 2.90 bits per heavy atom. The van der Waals surface area contributed by atoms with Gasteiger partial charge in [0.2, 0.25) is 0 Å². The number of hydrogen-bond acceptors (Lipinski definition) is 3. The number of H-pyrrole nitrogens is 1. The van der Waals surface area contributed by atoms with Crippen molar-refractivity contribution >= 4 is 34.5 Å². The Bertz CT molecular complexity index is 624. The molecular formula is C14H16N2O3S. The Morgan fingerprint density at radius 1 is 1.40 bits per heavy atom. The number of benzene rings is 1. The standard InChI is InChI=1S/C14H16N2O3S/c1-20-7-5-11(14(18)19)16-13(17)10-3-2-9-4-6-15-12(9)8-10/h2-4,6,8,11,15H,5,7H2,1H3,(H,16,17)(H,18,19)/t11-/m0/s1. The van der Waals surface area contributed by atoms with Crippen LogP contribution >= 0.6 is 11.8 Å². The van der Waals surface area contributed by atoms with Crippen LogP contribution in [-0.4, -0.2) is 40.0 Å². The second kappa shape index (κ2) is 6.47. The number of carbonyl (C=O) groups is 2. The van der Waals surface area contributed by atoms with Crippen LogP contribution in [0, 0.1) is 0 Å². The molecule has 2 rings (SSSR count). The zero-order valence-corrected chi connectivity index (χ0v) is 11.9. The third-order valence-corrected chi connectivity index (χ3v) is 3.68. The van der Waals surface area contributed by atoms with Crippen molar-refractivity contribution in [3.05, 3.63) is 36.0 Å². The summed E-state index contributed by atoms with van der Waals surface area (Å²) >= 11 is 1.55. The van der Waals surface area contributed by atoms with Gasteiger partial charge in [0.25, 0.3) is 5.91 Å². The van der Waals surface area contributed by atoms with E-state index < -0.39 is 12.0 Å². The molecular weight excluding hydrogens is 276 g/mol. The first-order valence-electron chi connectivity index (χ1n) is 6.21. The number of carboxylic acid groups (broad SMARTS) is 1.